The molecular weight excluding hydrogens is 268 g/mol. The number of hydrogen-bond donors (Lipinski definition) is 1. The maximum absolute atomic E-state index is 12.1. The van der Waals surface area contributed by atoms with Gasteiger partial charge in [0.25, 0.3) is 0 Å². The third-order valence-electron chi connectivity index (χ3n) is 3.58. The molecule has 0 spiro atoms. The standard InChI is InChI=1S/C17H26O4/c1-5-8-15(16(18)21-7-3)17(4,19)13-9-11-14(12-10-13)20-6-2/h9-12,15,19H,5-8H2,1-4H3. The van der Waals surface area contributed by atoms with Crippen LogP contribution >= 0.6 is 0 Å². The summed E-state index contributed by atoms with van der Waals surface area (Å²) in [7, 11) is 0. The quantitative estimate of drug-likeness (QED) is 0.748. The van der Waals surface area contributed by atoms with Gasteiger partial charge in [-0.3, -0.25) is 4.79 Å². The lowest BCUT2D eigenvalue weighted by Gasteiger charge is -2.31. The van der Waals surface area contributed by atoms with Crippen LogP contribution in [0.3, 0.4) is 0 Å². The minimum Gasteiger partial charge on any atom is -0.494 e. The molecule has 0 aliphatic heterocycles. The summed E-state index contributed by atoms with van der Waals surface area (Å²) in [4.78, 5) is 12.1. The Hall–Kier alpha value is -1.55. The first-order chi connectivity index (χ1) is 9.97. The van der Waals surface area contributed by atoms with Crippen LogP contribution < -0.4 is 4.74 Å². The number of aliphatic hydroxyl groups is 1. The predicted molar refractivity (Wildman–Crippen MR) is 82.2 cm³/mol. The Kier molecular flexibility index (Phi) is 6.69. The van der Waals surface area contributed by atoms with E-state index in [9.17, 15) is 9.90 Å². The molecule has 1 N–H and O–H groups in total. The second-order valence-electron chi connectivity index (χ2n) is 5.20. The molecule has 1 aromatic rings. The Morgan fingerprint density at radius 3 is 2.29 bits per heavy atom. The van der Waals surface area contributed by atoms with E-state index in [1.165, 1.54) is 0 Å². The molecule has 0 aliphatic carbocycles. The van der Waals surface area contributed by atoms with Gasteiger partial charge in [-0.25, -0.2) is 0 Å². The normalized spacial score (nSPS) is 15.1. The largest absolute Gasteiger partial charge is 0.494 e. The van der Waals surface area contributed by atoms with Gasteiger partial charge >= 0.3 is 5.97 Å². The molecule has 4 heteroatoms. The average Bonchev–Trinajstić information content (AvgIpc) is 2.45. The Labute approximate surface area is 127 Å². The zero-order valence-electron chi connectivity index (χ0n) is 13.4. The van der Waals surface area contributed by atoms with Crippen molar-refractivity contribution in [2.24, 2.45) is 5.92 Å². The lowest BCUT2D eigenvalue weighted by atomic mass is 9.80. The highest BCUT2D eigenvalue weighted by Crippen LogP contribution is 2.34. The Balaban J connectivity index is 3.00. The summed E-state index contributed by atoms with van der Waals surface area (Å²) in [5.74, 6) is -0.168. The lowest BCUT2D eigenvalue weighted by molar-refractivity contribution is -0.158. The fourth-order valence-electron chi connectivity index (χ4n) is 2.42. The van der Waals surface area contributed by atoms with Crippen LogP contribution in [0.5, 0.6) is 5.75 Å². The van der Waals surface area contributed by atoms with Crippen molar-refractivity contribution in [2.75, 3.05) is 13.2 Å². The molecule has 0 aromatic heterocycles. The van der Waals surface area contributed by atoms with E-state index >= 15 is 0 Å². The van der Waals surface area contributed by atoms with Gasteiger partial charge in [-0.1, -0.05) is 25.5 Å². The Bertz CT molecular complexity index is 437. The van der Waals surface area contributed by atoms with Crippen molar-refractivity contribution in [3.05, 3.63) is 29.8 Å². The first-order valence-electron chi connectivity index (χ1n) is 7.59. The smallest absolute Gasteiger partial charge is 0.312 e. The third-order valence-corrected chi connectivity index (χ3v) is 3.58. The molecule has 0 aliphatic rings. The second kappa shape index (κ2) is 8.03. The second-order valence-corrected chi connectivity index (χ2v) is 5.20. The van der Waals surface area contributed by atoms with Crippen LogP contribution in [0.25, 0.3) is 0 Å². The molecule has 0 radical (unpaired) electrons. The Morgan fingerprint density at radius 1 is 1.19 bits per heavy atom. The van der Waals surface area contributed by atoms with Crippen LogP contribution in [0.15, 0.2) is 24.3 Å². The first-order valence-corrected chi connectivity index (χ1v) is 7.59. The number of carbonyl (C=O) groups is 1. The molecular formula is C17H26O4. The number of hydrogen-bond acceptors (Lipinski definition) is 4. The van der Waals surface area contributed by atoms with Gasteiger partial charge in [-0.15, -0.1) is 0 Å². The van der Waals surface area contributed by atoms with E-state index in [0.717, 1.165) is 12.2 Å². The van der Waals surface area contributed by atoms with Crippen molar-refractivity contribution >= 4 is 5.97 Å². The van der Waals surface area contributed by atoms with Gasteiger partial charge in [-0.05, 0) is 44.9 Å². The van der Waals surface area contributed by atoms with Crippen molar-refractivity contribution in [1.29, 1.82) is 0 Å². The van der Waals surface area contributed by atoms with Gasteiger partial charge in [-0.2, -0.15) is 0 Å². The van der Waals surface area contributed by atoms with Gasteiger partial charge in [0.15, 0.2) is 0 Å². The zero-order chi connectivity index (χ0) is 15.9. The maximum Gasteiger partial charge on any atom is 0.312 e. The molecule has 0 bridgehead atoms. The van der Waals surface area contributed by atoms with Crippen molar-refractivity contribution < 1.29 is 19.4 Å². The van der Waals surface area contributed by atoms with Gasteiger partial charge in [0, 0.05) is 0 Å². The van der Waals surface area contributed by atoms with Crippen LogP contribution in [0, 0.1) is 5.92 Å². The van der Waals surface area contributed by atoms with Crippen LogP contribution in [0.2, 0.25) is 0 Å². The van der Waals surface area contributed by atoms with Crippen LogP contribution in [-0.4, -0.2) is 24.3 Å². The summed E-state index contributed by atoms with van der Waals surface area (Å²) in [5, 5.41) is 10.9. The van der Waals surface area contributed by atoms with Gasteiger partial charge in [0.05, 0.1) is 19.1 Å². The molecule has 0 heterocycles. The van der Waals surface area contributed by atoms with E-state index in [1.54, 1.807) is 26.0 Å². The molecule has 1 aromatic carbocycles. The van der Waals surface area contributed by atoms with Crippen LogP contribution in [-0.2, 0) is 15.1 Å². The summed E-state index contributed by atoms with van der Waals surface area (Å²) < 4.78 is 10.5. The molecule has 21 heavy (non-hydrogen) atoms. The lowest BCUT2D eigenvalue weighted by Crippen LogP contribution is -2.38. The Morgan fingerprint density at radius 2 is 1.81 bits per heavy atom. The summed E-state index contributed by atoms with van der Waals surface area (Å²) in [6, 6.07) is 7.21. The van der Waals surface area contributed by atoms with E-state index < -0.39 is 11.5 Å². The summed E-state index contributed by atoms with van der Waals surface area (Å²) >= 11 is 0. The van der Waals surface area contributed by atoms with E-state index in [4.69, 9.17) is 9.47 Å². The molecule has 0 saturated heterocycles. The van der Waals surface area contributed by atoms with Crippen molar-refractivity contribution in [2.45, 2.75) is 46.1 Å². The van der Waals surface area contributed by atoms with E-state index in [1.807, 2.05) is 26.0 Å². The number of ether oxygens (including phenoxy) is 2. The first kappa shape index (κ1) is 17.5. The molecule has 1 rings (SSSR count). The van der Waals surface area contributed by atoms with Gasteiger partial charge in [0.2, 0.25) is 0 Å². The van der Waals surface area contributed by atoms with Gasteiger partial charge in [0.1, 0.15) is 11.4 Å². The van der Waals surface area contributed by atoms with Crippen LogP contribution in [0.4, 0.5) is 0 Å². The highest BCUT2D eigenvalue weighted by molar-refractivity contribution is 5.74. The van der Waals surface area contributed by atoms with Crippen molar-refractivity contribution in [1.82, 2.24) is 0 Å². The number of rotatable bonds is 8. The molecule has 2 unspecified atom stereocenters. The van der Waals surface area contributed by atoms with E-state index in [-0.39, 0.29) is 5.97 Å². The topological polar surface area (TPSA) is 55.8 Å². The van der Waals surface area contributed by atoms with Crippen molar-refractivity contribution in [3.63, 3.8) is 0 Å². The fraction of sp³-hybridized carbons (Fsp3) is 0.588. The maximum atomic E-state index is 12.1. The van der Waals surface area contributed by atoms with E-state index in [2.05, 4.69) is 0 Å². The highest BCUT2D eigenvalue weighted by atomic mass is 16.5. The number of esters is 1. The SMILES string of the molecule is CCCC(C(=O)OCC)C(C)(O)c1ccc(OCC)cc1. The molecule has 0 amide bonds. The van der Waals surface area contributed by atoms with Crippen molar-refractivity contribution in [3.8, 4) is 5.75 Å². The summed E-state index contributed by atoms with van der Waals surface area (Å²) in [6.45, 7) is 8.25. The van der Waals surface area contributed by atoms with E-state index in [0.29, 0.717) is 25.2 Å². The number of benzene rings is 1. The summed E-state index contributed by atoms with van der Waals surface area (Å²) in [5.41, 5.74) is -0.565. The molecule has 4 nitrogen and oxygen atoms in total. The summed E-state index contributed by atoms with van der Waals surface area (Å²) in [6.07, 6.45) is 1.38. The number of carbonyl (C=O) groups excluding carboxylic acids is 1. The third kappa shape index (κ3) is 4.46. The predicted octanol–water partition coefficient (Wildman–Crippen LogP) is 3.27. The molecule has 0 fully saturated rings. The average molecular weight is 294 g/mol. The minimum atomic E-state index is -1.26. The molecule has 118 valence electrons. The van der Waals surface area contributed by atoms with Gasteiger partial charge < -0.3 is 14.6 Å². The minimum absolute atomic E-state index is 0.318. The monoisotopic (exact) mass is 294 g/mol. The fourth-order valence-corrected chi connectivity index (χ4v) is 2.42. The molecule has 2 atom stereocenters. The highest BCUT2D eigenvalue weighted by Gasteiger charge is 2.39. The zero-order valence-corrected chi connectivity index (χ0v) is 13.4. The van der Waals surface area contributed by atoms with Crippen LogP contribution in [0.1, 0.15) is 46.1 Å². The molecule has 0 saturated carbocycles.